The van der Waals surface area contributed by atoms with E-state index in [0.29, 0.717) is 0 Å². The fraction of sp³-hybridized carbons (Fsp3) is 0.706. The van der Waals surface area contributed by atoms with Crippen LogP contribution in [0.15, 0.2) is 11.4 Å². The first-order valence-electron chi connectivity index (χ1n) is 8.19. The Kier molecular flexibility index (Phi) is 4.21. The fourth-order valence-electron chi connectivity index (χ4n) is 3.75. The third kappa shape index (κ3) is 3.30. The molecule has 1 aromatic rings. The molecule has 2 aliphatic rings. The second-order valence-corrected chi connectivity index (χ2v) is 8.46. The lowest BCUT2D eigenvalue weighted by Crippen LogP contribution is -2.54. The molecule has 1 spiro atoms. The van der Waals surface area contributed by atoms with E-state index >= 15 is 0 Å². The van der Waals surface area contributed by atoms with E-state index < -0.39 is 5.60 Å². The molecule has 122 valence electrons. The molecule has 1 aromatic heterocycles. The zero-order valence-electron chi connectivity index (χ0n) is 13.7. The van der Waals surface area contributed by atoms with Gasteiger partial charge in [0.25, 0.3) is 0 Å². The monoisotopic (exact) mass is 322 g/mol. The number of rotatable bonds is 1. The standard InChI is InChI=1S/C17H26N2O2S/c1-16(2,3)21-15(20)19-12-5-4-8-17(11-12)13-7-10-22-14(13)6-9-18-17/h7,10,12,18H,4-6,8-9,11H2,1-3H3,(H,19,20). The first-order valence-corrected chi connectivity index (χ1v) is 9.07. The second kappa shape index (κ2) is 5.85. The number of alkyl carbamates (subject to hydrolysis) is 1. The maximum absolute atomic E-state index is 12.0. The first kappa shape index (κ1) is 15.8. The Morgan fingerprint density at radius 2 is 2.32 bits per heavy atom. The highest BCUT2D eigenvalue weighted by molar-refractivity contribution is 7.10. The Labute approximate surface area is 136 Å². The lowest BCUT2D eigenvalue weighted by atomic mass is 9.73. The molecule has 0 saturated heterocycles. The van der Waals surface area contributed by atoms with Crippen molar-refractivity contribution >= 4 is 17.4 Å². The summed E-state index contributed by atoms with van der Waals surface area (Å²) in [7, 11) is 0. The van der Waals surface area contributed by atoms with Gasteiger partial charge in [0.2, 0.25) is 0 Å². The molecule has 2 unspecified atom stereocenters. The van der Waals surface area contributed by atoms with Crippen LogP contribution in [0.4, 0.5) is 4.79 Å². The SMILES string of the molecule is CC(C)(C)OC(=O)NC1CCCC2(C1)NCCc1sccc12. The number of hydrogen-bond acceptors (Lipinski definition) is 4. The maximum Gasteiger partial charge on any atom is 0.407 e. The van der Waals surface area contributed by atoms with Crippen molar-refractivity contribution in [1.82, 2.24) is 10.6 Å². The van der Waals surface area contributed by atoms with E-state index in [0.717, 1.165) is 38.6 Å². The van der Waals surface area contributed by atoms with Gasteiger partial charge in [0.15, 0.2) is 0 Å². The molecular weight excluding hydrogens is 296 g/mol. The summed E-state index contributed by atoms with van der Waals surface area (Å²) in [5.41, 5.74) is 1.06. The van der Waals surface area contributed by atoms with E-state index in [1.807, 2.05) is 32.1 Å². The van der Waals surface area contributed by atoms with Gasteiger partial charge in [-0.1, -0.05) is 0 Å². The zero-order valence-corrected chi connectivity index (χ0v) is 14.5. The quantitative estimate of drug-likeness (QED) is 0.831. The van der Waals surface area contributed by atoms with Crippen LogP contribution < -0.4 is 10.6 Å². The van der Waals surface area contributed by atoms with Crippen molar-refractivity contribution in [3.8, 4) is 0 Å². The van der Waals surface area contributed by atoms with E-state index in [4.69, 9.17) is 4.74 Å². The van der Waals surface area contributed by atoms with Crippen molar-refractivity contribution in [2.24, 2.45) is 0 Å². The predicted molar refractivity (Wildman–Crippen MR) is 89.3 cm³/mol. The average Bonchev–Trinajstić information content (AvgIpc) is 2.86. The molecule has 5 heteroatoms. The summed E-state index contributed by atoms with van der Waals surface area (Å²) in [4.78, 5) is 13.6. The van der Waals surface area contributed by atoms with Gasteiger partial charge in [-0.15, -0.1) is 11.3 Å². The summed E-state index contributed by atoms with van der Waals surface area (Å²) in [6, 6.07) is 2.45. The molecule has 1 amide bonds. The molecule has 0 radical (unpaired) electrons. The molecule has 4 nitrogen and oxygen atoms in total. The lowest BCUT2D eigenvalue weighted by Gasteiger charge is -2.44. The van der Waals surface area contributed by atoms with Crippen molar-refractivity contribution in [2.75, 3.05) is 6.54 Å². The van der Waals surface area contributed by atoms with Gasteiger partial charge in [0, 0.05) is 23.0 Å². The number of hydrogen-bond donors (Lipinski definition) is 2. The molecule has 2 N–H and O–H groups in total. The number of carbonyl (C=O) groups is 1. The number of thiophene rings is 1. The van der Waals surface area contributed by atoms with Crippen molar-refractivity contribution in [3.63, 3.8) is 0 Å². The largest absolute Gasteiger partial charge is 0.444 e. The van der Waals surface area contributed by atoms with Crippen LogP contribution in [0.5, 0.6) is 0 Å². The topological polar surface area (TPSA) is 50.4 Å². The highest BCUT2D eigenvalue weighted by Gasteiger charge is 2.41. The van der Waals surface area contributed by atoms with Crippen molar-refractivity contribution < 1.29 is 9.53 Å². The summed E-state index contributed by atoms with van der Waals surface area (Å²) in [5.74, 6) is 0. The molecule has 3 rings (SSSR count). The molecule has 1 aliphatic heterocycles. The van der Waals surface area contributed by atoms with Gasteiger partial charge < -0.3 is 15.4 Å². The van der Waals surface area contributed by atoms with Crippen LogP contribution in [0.2, 0.25) is 0 Å². The van der Waals surface area contributed by atoms with Gasteiger partial charge in [-0.3, -0.25) is 0 Å². The van der Waals surface area contributed by atoms with Crippen LogP contribution in [0.25, 0.3) is 0 Å². The Hall–Kier alpha value is -1.07. The van der Waals surface area contributed by atoms with Crippen LogP contribution in [-0.2, 0) is 16.7 Å². The Bertz CT molecular complexity index is 549. The van der Waals surface area contributed by atoms with Crippen LogP contribution in [0.1, 0.15) is 56.9 Å². The summed E-state index contributed by atoms with van der Waals surface area (Å²) in [5, 5.41) is 9.01. The highest BCUT2D eigenvalue weighted by Crippen LogP contribution is 2.42. The summed E-state index contributed by atoms with van der Waals surface area (Å²) in [6.07, 6.45) is 5.10. The van der Waals surface area contributed by atoms with E-state index in [1.165, 1.54) is 10.4 Å². The van der Waals surface area contributed by atoms with Crippen LogP contribution in [0, 0.1) is 0 Å². The zero-order chi connectivity index (χ0) is 15.8. The first-order chi connectivity index (χ1) is 10.4. The van der Waals surface area contributed by atoms with E-state index in [9.17, 15) is 4.79 Å². The Balaban J connectivity index is 1.69. The summed E-state index contributed by atoms with van der Waals surface area (Å²) < 4.78 is 5.40. The van der Waals surface area contributed by atoms with Crippen molar-refractivity contribution in [3.05, 3.63) is 21.9 Å². The van der Waals surface area contributed by atoms with Crippen LogP contribution in [-0.4, -0.2) is 24.3 Å². The smallest absolute Gasteiger partial charge is 0.407 e. The minimum absolute atomic E-state index is 0.0471. The van der Waals surface area contributed by atoms with Crippen molar-refractivity contribution in [2.45, 2.75) is 70.1 Å². The molecule has 1 fully saturated rings. The van der Waals surface area contributed by atoms with Gasteiger partial charge in [0.05, 0.1) is 0 Å². The average molecular weight is 322 g/mol. The predicted octanol–water partition coefficient (Wildman–Crippen LogP) is 3.56. The molecule has 2 atom stereocenters. The Morgan fingerprint density at radius 3 is 3.09 bits per heavy atom. The molecule has 0 aromatic carbocycles. The third-order valence-electron chi connectivity index (χ3n) is 4.55. The fourth-order valence-corrected chi connectivity index (χ4v) is 4.73. The molecule has 1 aliphatic carbocycles. The number of ether oxygens (including phenoxy) is 1. The van der Waals surface area contributed by atoms with Gasteiger partial charge in [-0.2, -0.15) is 0 Å². The highest BCUT2D eigenvalue weighted by atomic mass is 32.1. The van der Waals surface area contributed by atoms with Crippen LogP contribution >= 0.6 is 11.3 Å². The van der Waals surface area contributed by atoms with Gasteiger partial charge >= 0.3 is 6.09 Å². The number of carbonyl (C=O) groups excluding carboxylic acids is 1. The minimum Gasteiger partial charge on any atom is -0.444 e. The lowest BCUT2D eigenvalue weighted by molar-refractivity contribution is 0.0470. The molecule has 22 heavy (non-hydrogen) atoms. The van der Waals surface area contributed by atoms with Crippen LogP contribution in [0.3, 0.4) is 0 Å². The van der Waals surface area contributed by atoms with E-state index in [1.54, 1.807) is 0 Å². The third-order valence-corrected chi connectivity index (χ3v) is 5.53. The molecule has 2 heterocycles. The Morgan fingerprint density at radius 1 is 1.50 bits per heavy atom. The van der Waals surface area contributed by atoms with Gasteiger partial charge in [-0.25, -0.2) is 4.79 Å². The number of fused-ring (bicyclic) bond motifs is 2. The number of nitrogens with one attached hydrogen (secondary N) is 2. The van der Waals surface area contributed by atoms with Gasteiger partial charge in [-0.05, 0) is 69.9 Å². The second-order valence-electron chi connectivity index (χ2n) is 7.46. The summed E-state index contributed by atoms with van der Waals surface area (Å²) >= 11 is 1.86. The number of amides is 1. The van der Waals surface area contributed by atoms with E-state index in [2.05, 4.69) is 22.1 Å². The van der Waals surface area contributed by atoms with Crippen molar-refractivity contribution in [1.29, 1.82) is 0 Å². The molecular formula is C17H26N2O2S. The summed E-state index contributed by atoms with van der Waals surface area (Å²) in [6.45, 7) is 6.73. The maximum atomic E-state index is 12.0. The minimum atomic E-state index is -0.444. The molecule has 1 saturated carbocycles. The van der Waals surface area contributed by atoms with Gasteiger partial charge in [0.1, 0.15) is 5.60 Å². The molecule has 0 bridgehead atoms. The normalized spacial score (nSPS) is 28.2. The van der Waals surface area contributed by atoms with E-state index in [-0.39, 0.29) is 17.7 Å².